The van der Waals surface area contributed by atoms with Crippen LogP contribution < -0.4 is 30.1 Å². The summed E-state index contributed by atoms with van der Waals surface area (Å²) in [5.41, 5.74) is 0. The molecule has 0 rings (SSSR count). The Bertz CT molecular complexity index is 26.5. The van der Waals surface area contributed by atoms with E-state index in [1.54, 1.807) is 0 Å². The van der Waals surface area contributed by atoms with E-state index in [4.69, 9.17) is 30.1 Å². The molecule has 9 heteroatoms. The second-order valence-corrected chi connectivity index (χ2v) is 0.577. The van der Waals surface area contributed by atoms with Gasteiger partial charge in [-0.2, -0.15) is 0 Å². The molecule has 0 N–H and O–H groups in total. The molecule has 0 saturated heterocycles. The number of hydrogen-bond donors (Lipinski definition) is 0. The van der Waals surface area contributed by atoms with Gasteiger partial charge in [-0.25, -0.2) is 0 Å². The molecule has 0 aromatic heterocycles. The van der Waals surface area contributed by atoms with Gasteiger partial charge < -0.3 is 30.1 Å². The third-order valence-electron chi connectivity index (χ3n) is 0. The van der Waals surface area contributed by atoms with Gasteiger partial charge in [0, 0.05) is 21.1 Å². The monoisotopic (exact) mass is 302 g/mol. The minimum Gasteiger partial charge on any atom is -0.907 e. The first-order chi connectivity index (χ1) is 3.46. The normalized spacial score (nSPS) is 6.00. The second kappa shape index (κ2) is 11.4. The van der Waals surface area contributed by atoms with Crippen LogP contribution in [0.5, 0.6) is 0 Å². The fourth-order valence-electron chi connectivity index (χ4n) is 0. The zero-order valence-electron chi connectivity index (χ0n) is 4.01. The zero-order chi connectivity index (χ0) is 7.15. The van der Waals surface area contributed by atoms with E-state index in [1.165, 1.54) is 0 Å². The molecule has 0 aliphatic rings. The van der Waals surface area contributed by atoms with Crippen LogP contribution in [0, 0.1) is 0 Å². The summed E-state index contributed by atoms with van der Waals surface area (Å²) < 4.78 is 0. The molecule has 0 saturated carbocycles. The molecular formula is B2O6W-6. The second-order valence-electron chi connectivity index (χ2n) is 0.577. The first kappa shape index (κ1) is 16.3. The molecule has 0 bridgehead atoms. The van der Waals surface area contributed by atoms with Crippen molar-refractivity contribution in [2.24, 2.45) is 0 Å². The van der Waals surface area contributed by atoms with Gasteiger partial charge in [0.2, 0.25) is 0 Å². The Hall–Kier alpha value is 0.578. The van der Waals surface area contributed by atoms with Crippen LogP contribution in [0.25, 0.3) is 0 Å². The smallest absolute Gasteiger partial charge is 0 e. The van der Waals surface area contributed by atoms with E-state index in [-0.39, 0.29) is 21.1 Å². The van der Waals surface area contributed by atoms with Gasteiger partial charge in [0.25, 0.3) is 0 Å². The Morgan fingerprint density at radius 2 is 0.556 bits per heavy atom. The van der Waals surface area contributed by atoms with Gasteiger partial charge >= 0.3 is 0 Å². The molecule has 0 fully saturated rings. The van der Waals surface area contributed by atoms with Crippen LogP contribution >= 0.6 is 0 Å². The number of hydrogen-bond acceptors (Lipinski definition) is 6. The quantitative estimate of drug-likeness (QED) is 0.407. The van der Waals surface area contributed by atoms with Crippen molar-refractivity contribution in [2.75, 3.05) is 0 Å². The molecule has 0 unspecified atom stereocenters. The molecule has 0 aromatic carbocycles. The minimum atomic E-state index is -2.92. The maximum Gasteiger partial charge on any atom is 0 e. The van der Waals surface area contributed by atoms with Gasteiger partial charge in [-0.1, -0.05) is 0 Å². The average Bonchev–Trinajstić information content (AvgIpc) is 1.25. The molecule has 0 heterocycles. The summed E-state index contributed by atoms with van der Waals surface area (Å²) in [6, 6.07) is 0. The molecule has 0 aromatic rings. The zero-order valence-corrected chi connectivity index (χ0v) is 6.95. The summed E-state index contributed by atoms with van der Waals surface area (Å²) in [4.78, 5) is 0. The third kappa shape index (κ3) is 1110. The van der Waals surface area contributed by atoms with Crippen LogP contribution in [-0.2, 0) is 21.1 Å². The Balaban J connectivity index is -0.0000000720. The standard InChI is InChI=1S/2BO3.W/c2*2-1(3)4;/q2*-3;. The van der Waals surface area contributed by atoms with Crippen LogP contribution in [0.3, 0.4) is 0 Å². The van der Waals surface area contributed by atoms with Gasteiger partial charge in [0.15, 0.2) is 0 Å². The van der Waals surface area contributed by atoms with Crippen molar-refractivity contribution in [1.82, 2.24) is 0 Å². The summed E-state index contributed by atoms with van der Waals surface area (Å²) in [7, 11) is -5.83. The van der Waals surface area contributed by atoms with Crippen molar-refractivity contribution >= 4 is 14.6 Å². The van der Waals surface area contributed by atoms with Crippen LogP contribution in [0.15, 0.2) is 0 Å². The predicted molar refractivity (Wildman–Crippen MR) is 11.5 cm³/mol. The SMILES string of the molecule is [O-]B([O-])[O-].[O-]B([O-])[O-].[W]. The number of rotatable bonds is 0. The van der Waals surface area contributed by atoms with Crippen LogP contribution in [0.1, 0.15) is 0 Å². The van der Waals surface area contributed by atoms with Gasteiger partial charge in [0.1, 0.15) is 0 Å². The summed E-state index contributed by atoms with van der Waals surface area (Å²) in [6.07, 6.45) is 0. The van der Waals surface area contributed by atoms with Crippen LogP contribution in [-0.4, -0.2) is 14.6 Å². The van der Waals surface area contributed by atoms with Crippen molar-refractivity contribution in [3.8, 4) is 0 Å². The first-order valence-corrected chi connectivity index (χ1v) is 1.41. The molecule has 0 aliphatic carbocycles. The molecule has 0 aliphatic heterocycles. The largest absolute Gasteiger partial charge is 0.907 e. The van der Waals surface area contributed by atoms with Gasteiger partial charge in [-0.3, -0.25) is 14.6 Å². The van der Waals surface area contributed by atoms with Crippen molar-refractivity contribution in [3.63, 3.8) is 0 Å². The van der Waals surface area contributed by atoms with E-state index in [0.717, 1.165) is 0 Å². The Labute approximate surface area is 66.4 Å². The maximum absolute atomic E-state index is 8.42. The molecule has 6 nitrogen and oxygen atoms in total. The Morgan fingerprint density at radius 1 is 0.556 bits per heavy atom. The fraction of sp³-hybridized carbons (Fsp3) is 0. The van der Waals surface area contributed by atoms with E-state index < -0.39 is 14.6 Å². The molecule has 0 spiro atoms. The van der Waals surface area contributed by atoms with Crippen molar-refractivity contribution in [3.05, 3.63) is 0 Å². The average molecular weight is 301 g/mol. The first-order valence-electron chi connectivity index (χ1n) is 1.41. The fourth-order valence-corrected chi connectivity index (χ4v) is 0. The van der Waals surface area contributed by atoms with Gasteiger partial charge in [-0.15, -0.1) is 0 Å². The summed E-state index contributed by atoms with van der Waals surface area (Å²) >= 11 is 0. The van der Waals surface area contributed by atoms with E-state index in [2.05, 4.69) is 0 Å². The molecule has 54 valence electrons. The van der Waals surface area contributed by atoms with E-state index >= 15 is 0 Å². The molecule has 0 amide bonds. The molecule has 9 heavy (non-hydrogen) atoms. The van der Waals surface area contributed by atoms with Crippen molar-refractivity contribution in [2.45, 2.75) is 0 Å². The third-order valence-corrected chi connectivity index (χ3v) is 0. The van der Waals surface area contributed by atoms with Gasteiger partial charge in [0.05, 0.1) is 0 Å². The summed E-state index contributed by atoms with van der Waals surface area (Å²) in [5.74, 6) is 0. The minimum absolute atomic E-state index is 0. The van der Waals surface area contributed by atoms with Crippen LogP contribution in [0.4, 0.5) is 0 Å². The van der Waals surface area contributed by atoms with Gasteiger partial charge in [-0.05, 0) is 0 Å². The maximum atomic E-state index is 8.42. The summed E-state index contributed by atoms with van der Waals surface area (Å²) in [5, 5.41) is 50.5. The van der Waals surface area contributed by atoms with E-state index in [1.807, 2.05) is 0 Å². The van der Waals surface area contributed by atoms with E-state index in [9.17, 15) is 0 Å². The Morgan fingerprint density at radius 3 is 0.556 bits per heavy atom. The summed E-state index contributed by atoms with van der Waals surface area (Å²) in [6.45, 7) is 0. The predicted octanol–water partition coefficient (Wildman–Crippen LogP) is -7.90. The Kier molecular flexibility index (Phi) is 20.6. The van der Waals surface area contributed by atoms with Crippen LogP contribution in [0.2, 0.25) is 0 Å². The molecular weight excluding hydrogens is 301 g/mol. The van der Waals surface area contributed by atoms with Crippen molar-refractivity contribution < 1.29 is 51.2 Å². The van der Waals surface area contributed by atoms with Crippen molar-refractivity contribution in [1.29, 1.82) is 0 Å². The molecule has 0 radical (unpaired) electrons. The molecule has 0 atom stereocenters. The van der Waals surface area contributed by atoms with E-state index in [0.29, 0.717) is 0 Å². The topological polar surface area (TPSA) is 138 Å².